The van der Waals surface area contributed by atoms with Gasteiger partial charge >= 0.3 is 0 Å². The van der Waals surface area contributed by atoms with Crippen LogP contribution in [0.3, 0.4) is 0 Å². The Labute approximate surface area is 85.8 Å². The molecule has 1 heterocycles. The van der Waals surface area contributed by atoms with Crippen LogP contribution in [0.5, 0.6) is 5.88 Å². The second-order valence-electron chi connectivity index (χ2n) is 2.50. The molecule has 0 aliphatic rings. The lowest BCUT2D eigenvalue weighted by Gasteiger charge is -2.02. The summed E-state index contributed by atoms with van der Waals surface area (Å²) >= 11 is 5.44. The highest BCUT2D eigenvalue weighted by molar-refractivity contribution is 6.17. The second kappa shape index (κ2) is 5.39. The van der Waals surface area contributed by atoms with E-state index in [9.17, 15) is 10.1 Å². The van der Waals surface area contributed by atoms with E-state index >= 15 is 0 Å². The topological polar surface area (TPSA) is 65.3 Å². The van der Waals surface area contributed by atoms with Crippen molar-refractivity contribution in [3.8, 4) is 5.88 Å². The van der Waals surface area contributed by atoms with Gasteiger partial charge in [-0.1, -0.05) is 0 Å². The summed E-state index contributed by atoms with van der Waals surface area (Å²) < 4.78 is 5.16. The second-order valence-corrected chi connectivity index (χ2v) is 2.88. The fourth-order valence-electron chi connectivity index (χ4n) is 0.797. The van der Waals surface area contributed by atoms with E-state index in [2.05, 4.69) is 4.98 Å². The van der Waals surface area contributed by atoms with Crippen molar-refractivity contribution in [3.63, 3.8) is 0 Å². The molecule has 1 aromatic heterocycles. The molecule has 0 N–H and O–H groups in total. The van der Waals surface area contributed by atoms with Crippen LogP contribution >= 0.6 is 11.6 Å². The van der Waals surface area contributed by atoms with E-state index in [1.165, 1.54) is 12.1 Å². The van der Waals surface area contributed by atoms with Crippen LogP contribution in [0.25, 0.3) is 0 Å². The van der Waals surface area contributed by atoms with Gasteiger partial charge in [0.05, 0.1) is 11.5 Å². The van der Waals surface area contributed by atoms with Crippen LogP contribution in [0.15, 0.2) is 18.3 Å². The number of hydrogen-bond acceptors (Lipinski definition) is 4. The Kier molecular flexibility index (Phi) is 4.12. The first kappa shape index (κ1) is 10.7. The Morgan fingerprint density at radius 3 is 2.86 bits per heavy atom. The molecule has 1 aromatic rings. The third kappa shape index (κ3) is 3.18. The monoisotopic (exact) mass is 216 g/mol. The molecule has 0 radical (unpaired) electrons. The van der Waals surface area contributed by atoms with Gasteiger partial charge in [-0.05, 0) is 6.42 Å². The minimum Gasteiger partial charge on any atom is -0.478 e. The molecular weight excluding hydrogens is 208 g/mol. The minimum atomic E-state index is -0.504. The first-order valence-electron chi connectivity index (χ1n) is 4.03. The van der Waals surface area contributed by atoms with Crippen LogP contribution in [0.4, 0.5) is 5.69 Å². The fourth-order valence-corrected chi connectivity index (χ4v) is 0.906. The van der Waals surface area contributed by atoms with Gasteiger partial charge in [-0.15, -0.1) is 11.6 Å². The lowest BCUT2D eigenvalue weighted by atomic mass is 10.4. The van der Waals surface area contributed by atoms with Gasteiger partial charge < -0.3 is 4.74 Å². The first-order chi connectivity index (χ1) is 6.74. The van der Waals surface area contributed by atoms with Gasteiger partial charge in [0.1, 0.15) is 6.20 Å². The van der Waals surface area contributed by atoms with E-state index < -0.39 is 4.92 Å². The summed E-state index contributed by atoms with van der Waals surface area (Å²) in [6.07, 6.45) is 1.89. The summed E-state index contributed by atoms with van der Waals surface area (Å²) in [4.78, 5) is 13.5. The molecule has 5 nitrogen and oxygen atoms in total. The van der Waals surface area contributed by atoms with Gasteiger partial charge in [0.25, 0.3) is 5.69 Å². The Hall–Kier alpha value is -1.36. The van der Waals surface area contributed by atoms with Gasteiger partial charge in [-0.2, -0.15) is 0 Å². The number of rotatable bonds is 5. The maximum absolute atomic E-state index is 10.3. The van der Waals surface area contributed by atoms with E-state index in [-0.39, 0.29) is 5.69 Å². The maximum atomic E-state index is 10.3. The molecule has 0 spiro atoms. The van der Waals surface area contributed by atoms with Gasteiger partial charge in [-0.3, -0.25) is 10.1 Å². The fraction of sp³-hybridized carbons (Fsp3) is 0.375. The number of pyridine rings is 1. The number of ether oxygens (including phenoxy) is 1. The Morgan fingerprint density at radius 1 is 1.57 bits per heavy atom. The zero-order valence-corrected chi connectivity index (χ0v) is 8.11. The highest BCUT2D eigenvalue weighted by Crippen LogP contribution is 2.13. The largest absolute Gasteiger partial charge is 0.478 e. The highest BCUT2D eigenvalue weighted by atomic mass is 35.5. The van der Waals surface area contributed by atoms with Crippen molar-refractivity contribution in [2.75, 3.05) is 12.5 Å². The molecule has 0 saturated heterocycles. The van der Waals surface area contributed by atoms with Crippen LogP contribution in [-0.4, -0.2) is 22.4 Å². The summed E-state index contributed by atoms with van der Waals surface area (Å²) in [5.74, 6) is 0.896. The third-order valence-corrected chi connectivity index (χ3v) is 1.73. The molecule has 1 rings (SSSR count). The summed E-state index contributed by atoms with van der Waals surface area (Å²) in [5, 5.41) is 10.3. The Bertz CT molecular complexity index is 302. The van der Waals surface area contributed by atoms with Gasteiger partial charge in [0.15, 0.2) is 0 Å². The summed E-state index contributed by atoms with van der Waals surface area (Å²) in [5.41, 5.74) is -0.0466. The standard InChI is InChI=1S/C8H9ClN2O3/c9-4-1-5-14-8-3-2-7(6-10-8)11(12)13/h2-3,6H,1,4-5H2. The summed E-state index contributed by atoms with van der Waals surface area (Å²) in [7, 11) is 0. The number of halogens is 1. The minimum absolute atomic E-state index is 0.0466. The quantitative estimate of drug-likeness (QED) is 0.327. The summed E-state index contributed by atoms with van der Waals surface area (Å²) in [6.45, 7) is 0.467. The molecule has 0 aliphatic carbocycles. The molecule has 0 aromatic carbocycles. The molecule has 76 valence electrons. The van der Waals surface area contributed by atoms with Gasteiger partial charge in [0, 0.05) is 18.0 Å². The number of nitrogens with zero attached hydrogens (tertiary/aromatic N) is 2. The van der Waals surface area contributed by atoms with Crippen molar-refractivity contribution >= 4 is 17.3 Å². The lowest BCUT2D eigenvalue weighted by molar-refractivity contribution is -0.385. The van der Waals surface area contributed by atoms with Crippen molar-refractivity contribution in [1.29, 1.82) is 0 Å². The van der Waals surface area contributed by atoms with Crippen molar-refractivity contribution in [1.82, 2.24) is 4.98 Å². The number of nitro groups is 1. The maximum Gasteiger partial charge on any atom is 0.287 e. The van der Waals surface area contributed by atoms with Crippen molar-refractivity contribution < 1.29 is 9.66 Å². The molecule has 0 aliphatic heterocycles. The van der Waals surface area contributed by atoms with E-state index in [1.807, 2.05) is 0 Å². The normalized spacial score (nSPS) is 9.79. The predicted octanol–water partition coefficient (Wildman–Crippen LogP) is 2.00. The molecule has 0 bridgehead atoms. The van der Waals surface area contributed by atoms with E-state index in [0.717, 1.165) is 12.6 Å². The number of alkyl halides is 1. The Balaban J connectivity index is 2.51. The molecule has 0 amide bonds. The van der Waals surface area contributed by atoms with Crippen molar-refractivity contribution in [3.05, 3.63) is 28.4 Å². The molecule has 0 unspecified atom stereocenters. The zero-order chi connectivity index (χ0) is 10.4. The van der Waals surface area contributed by atoms with Crippen LogP contribution in [0.2, 0.25) is 0 Å². The number of aromatic nitrogens is 1. The van der Waals surface area contributed by atoms with Gasteiger partial charge in [0.2, 0.25) is 5.88 Å². The van der Waals surface area contributed by atoms with E-state index in [1.54, 1.807) is 0 Å². The average Bonchev–Trinajstić information content (AvgIpc) is 2.19. The van der Waals surface area contributed by atoms with Crippen molar-refractivity contribution in [2.24, 2.45) is 0 Å². The molecule has 0 fully saturated rings. The third-order valence-electron chi connectivity index (χ3n) is 1.46. The van der Waals surface area contributed by atoms with Crippen LogP contribution < -0.4 is 4.74 Å². The smallest absolute Gasteiger partial charge is 0.287 e. The summed E-state index contributed by atoms with van der Waals surface area (Å²) in [6, 6.07) is 2.81. The molecular formula is C8H9ClN2O3. The first-order valence-corrected chi connectivity index (χ1v) is 4.56. The van der Waals surface area contributed by atoms with Crippen molar-refractivity contribution in [2.45, 2.75) is 6.42 Å². The SMILES string of the molecule is O=[N+]([O-])c1ccc(OCCCCl)nc1. The van der Waals surface area contributed by atoms with Crippen LogP contribution in [0, 0.1) is 10.1 Å². The van der Waals surface area contributed by atoms with Crippen LogP contribution in [0.1, 0.15) is 6.42 Å². The lowest BCUT2D eigenvalue weighted by Crippen LogP contribution is -1.99. The molecule has 6 heteroatoms. The van der Waals surface area contributed by atoms with Crippen LogP contribution in [-0.2, 0) is 0 Å². The predicted molar refractivity (Wildman–Crippen MR) is 51.7 cm³/mol. The molecule has 0 atom stereocenters. The molecule has 0 saturated carbocycles. The zero-order valence-electron chi connectivity index (χ0n) is 7.35. The van der Waals surface area contributed by atoms with E-state index in [0.29, 0.717) is 18.4 Å². The highest BCUT2D eigenvalue weighted by Gasteiger charge is 2.05. The Morgan fingerprint density at radius 2 is 2.36 bits per heavy atom. The van der Waals surface area contributed by atoms with Gasteiger partial charge in [-0.25, -0.2) is 4.98 Å². The average molecular weight is 217 g/mol. The number of hydrogen-bond donors (Lipinski definition) is 0. The molecule has 14 heavy (non-hydrogen) atoms. The van der Waals surface area contributed by atoms with E-state index in [4.69, 9.17) is 16.3 Å².